The molecule has 0 bridgehead atoms. The molecule has 18 heteroatoms. The van der Waals surface area contributed by atoms with Crippen LogP contribution in [-0.4, -0.2) is 41.9 Å². The largest absolute Gasteiger partial charge is 0.741 e. The first-order valence-corrected chi connectivity index (χ1v) is 20.0. The third-order valence-corrected chi connectivity index (χ3v) is 11.5. The van der Waals surface area contributed by atoms with Crippen LogP contribution < -0.4 is 9.13 Å². The highest BCUT2D eigenvalue weighted by Crippen LogP contribution is 2.44. The van der Waals surface area contributed by atoms with Crippen molar-refractivity contribution in [2.45, 2.75) is 50.8 Å². The van der Waals surface area contributed by atoms with Gasteiger partial charge < -0.3 is 9.11 Å². The van der Waals surface area contributed by atoms with Crippen molar-refractivity contribution in [2.75, 3.05) is 0 Å². The normalized spacial score (nSPS) is 13.9. The number of pyridine rings is 2. The van der Waals surface area contributed by atoms with Gasteiger partial charge in [-0.15, -0.1) is 11.3 Å². The standard InChI is InChI=1S/C35H29N3S.2CHF3O3S/c1-22-23(2)27-17-20-37-19-16-24-8-3-4-10-28(24)35(37)34(27)33-26(22)18-21-38-25(9-7-12-30(33)38)14-15-32-36-29-11-5-6-13-31(29)39-32;2*2-1(3,4)8(5,6)7/h3-16,19H,17-18,20-21H2,1-2H3;2*(H,5,6,7)/q+2;;/p-2. The molecule has 0 unspecified atom stereocenters. The van der Waals surface area contributed by atoms with Gasteiger partial charge in [0.05, 0.1) is 26.7 Å². The van der Waals surface area contributed by atoms with Gasteiger partial charge in [0.1, 0.15) is 5.01 Å². The van der Waals surface area contributed by atoms with Crippen molar-refractivity contribution in [1.82, 2.24) is 4.98 Å². The van der Waals surface area contributed by atoms with Crippen molar-refractivity contribution in [3.05, 3.63) is 112 Å². The molecule has 55 heavy (non-hydrogen) atoms. The smallest absolute Gasteiger partial charge is 0.485 e. The van der Waals surface area contributed by atoms with Crippen molar-refractivity contribution in [1.29, 1.82) is 0 Å². The maximum Gasteiger partial charge on any atom is 0.485 e. The second-order valence-electron chi connectivity index (χ2n) is 12.5. The Morgan fingerprint density at radius 2 is 1.31 bits per heavy atom. The maximum absolute atomic E-state index is 10.7. The minimum absolute atomic E-state index is 0.983. The first-order valence-electron chi connectivity index (χ1n) is 16.3. The highest BCUT2D eigenvalue weighted by molar-refractivity contribution is 7.86. The third-order valence-electron chi connectivity index (χ3n) is 9.34. The van der Waals surface area contributed by atoms with Gasteiger partial charge in [-0.25, -0.2) is 21.8 Å². The highest BCUT2D eigenvalue weighted by Gasteiger charge is 2.39. The minimum atomic E-state index is -6.09. The quantitative estimate of drug-likeness (QED) is 0.0771. The molecule has 0 saturated heterocycles. The van der Waals surface area contributed by atoms with Crippen LogP contribution in [-0.2, 0) is 46.2 Å². The van der Waals surface area contributed by atoms with Crippen molar-refractivity contribution in [3.8, 4) is 22.5 Å². The number of benzene rings is 3. The first kappa shape index (κ1) is 39.9. The van der Waals surface area contributed by atoms with Crippen molar-refractivity contribution >= 4 is 64.7 Å². The molecule has 0 atom stereocenters. The SMILES string of the molecule is Cc1c(C)c2c(c3c1CC[n+]1ccc4ccccc4c1-3)-c1cccc(C=Cc3nc4ccccc4s3)[n+]1CC2.O=S(=O)([O-])C(F)(F)F.O=S(=O)([O-])C(F)(F)F. The molecule has 3 aromatic heterocycles. The van der Waals surface area contributed by atoms with E-state index in [-0.39, 0.29) is 0 Å². The van der Waals surface area contributed by atoms with E-state index in [4.69, 9.17) is 30.9 Å². The van der Waals surface area contributed by atoms with Crippen LogP contribution in [0.3, 0.4) is 0 Å². The minimum Gasteiger partial charge on any atom is -0.741 e. The fourth-order valence-electron chi connectivity index (χ4n) is 6.76. The maximum atomic E-state index is 10.7. The monoisotopic (exact) mass is 821 g/mol. The summed E-state index contributed by atoms with van der Waals surface area (Å²) in [5, 5.41) is 3.70. The second-order valence-corrected chi connectivity index (χ2v) is 16.3. The molecule has 0 amide bonds. The lowest BCUT2D eigenvalue weighted by Crippen LogP contribution is -2.45. The number of aromatic nitrogens is 3. The number of aryl methyl sites for hydroxylation is 1. The van der Waals surface area contributed by atoms with E-state index in [2.05, 4.69) is 114 Å². The second kappa shape index (κ2) is 14.7. The Bertz CT molecular complexity index is 2650. The van der Waals surface area contributed by atoms with Crippen LogP contribution >= 0.6 is 11.3 Å². The highest BCUT2D eigenvalue weighted by atomic mass is 32.2. The molecule has 0 aliphatic carbocycles. The van der Waals surface area contributed by atoms with E-state index >= 15 is 0 Å². The zero-order chi connectivity index (χ0) is 40.1. The lowest BCUT2D eigenvalue weighted by atomic mass is 9.79. The van der Waals surface area contributed by atoms with Gasteiger partial charge in [-0.3, -0.25) is 0 Å². The van der Waals surface area contributed by atoms with E-state index in [1.165, 1.54) is 65.9 Å². The van der Waals surface area contributed by atoms with Crippen LogP contribution in [0.15, 0.2) is 79.0 Å². The number of fused-ring (bicyclic) bond motifs is 10. The number of nitrogens with zero attached hydrogens (tertiary/aromatic N) is 3. The molecule has 3 aromatic carbocycles. The van der Waals surface area contributed by atoms with Crippen LogP contribution in [0.2, 0.25) is 0 Å². The van der Waals surface area contributed by atoms with Gasteiger partial charge in [0, 0.05) is 37.1 Å². The number of hydrogen-bond acceptors (Lipinski definition) is 8. The van der Waals surface area contributed by atoms with Gasteiger partial charge in [0.15, 0.2) is 39.5 Å². The summed E-state index contributed by atoms with van der Waals surface area (Å²) in [7, 11) is -12.2. The Labute approximate surface area is 315 Å². The van der Waals surface area contributed by atoms with Gasteiger partial charge in [-0.05, 0) is 71.8 Å². The molecule has 288 valence electrons. The van der Waals surface area contributed by atoms with Gasteiger partial charge in [-0.2, -0.15) is 35.5 Å². The number of rotatable bonds is 2. The van der Waals surface area contributed by atoms with E-state index in [0.717, 1.165) is 36.5 Å². The molecule has 9 nitrogen and oxygen atoms in total. The van der Waals surface area contributed by atoms with E-state index in [9.17, 15) is 26.3 Å². The Morgan fingerprint density at radius 3 is 1.95 bits per heavy atom. The number of thiazole rings is 1. The van der Waals surface area contributed by atoms with E-state index in [1.54, 1.807) is 11.3 Å². The molecule has 2 aliphatic heterocycles. The average Bonchev–Trinajstić information content (AvgIpc) is 3.54. The summed E-state index contributed by atoms with van der Waals surface area (Å²) in [6.45, 7) is 6.69. The molecule has 6 aromatic rings. The van der Waals surface area contributed by atoms with Crippen LogP contribution in [0.4, 0.5) is 26.3 Å². The Kier molecular flexibility index (Phi) is 10.7. The Hall–Kier alpha value is -4.75. The summed E-state index contributed by atoms with van der Waals surface area (Å²) in [6, 6.07) is 26.3. The molecule has 2 aliphatic rings. The summed E-state index contributed by atoms with van der Waals surface area (Å²) in [4.78, 5) is 4.83. The molecule has 0 N–H and O–H groups in total. The first-order chi connectivity index (χ1) is 25.7. The summed E-state index contributed by atoms with van der Waals surface area (Å²) in [5.74, 6) is 0. The molecule has 5 heterocycles. The van der Waals surface area contributed by atoms with Gasteiger partial charge in [-0.1, -0.05) is 30.3 Å². The number of para-hydroxylation sites is 1. The van der Waals surface area contributed by atoms with Crippen LogP contribution in [0.5, 0.6) is 0 Å². The van der Waals surface area contributed by atoms with Crippen LogP contribution in [0.25, 0.3) is 55.7 Å². The predicted molar refractivity (Wildman–Crippen MR) is 192 cm³/mol. The fourth-order valence-corrected chi connectivity index (χ4v) is 7.63. The predicted octanol–water partition coefficient (Wildman–Crippen LogP) is 7.36. The number of halogens is 6. The molecule has 0 saturated carbocycles. The van der Waals surface area contributed by atoms with Crippen LogP contribution in [0, 0.1) is 13.8 Å². The summed E-state index contributed by atoms with van der Waals surface area (Å²) < 4.78 is 124. The van der Waals surface area contributed by atoms with Crippen molar-refractivity contribution in [3.63, 3.8) is 0 Å². The topological polar surface area (TPSA) is 135 Å². The number of alkyl halides is 6. The number of hydrogen-bond donors (Lipinski definition) is 0. The van der Waals surface area contributed by atoms with E-state index < -0.39 is 31.3 Å². The average molecular weight is 822 g/mol. The Balaban J connectivity index is 0.000000272. The van der Waals surface area contributed by atoms with Crippen molar-refractivity contribution < 1.29 is 61.4 Å². The lowest BCUT2D eigenvalue weighted by molar-refractivity contribution is -0.690. The van der Waals surface area contributed by atoms with Gasteiger partial charge in [0.25, 0.3) is 0 Å². The molecule has 8 rings (SSSR count). The molecular weight excluding hydrogens is 793 g/mol. The van der Waals surface area contributed by atoms with E-state index in [1.807, 2.05) is 0 Å². The van der Waals surface area contributed by atoms with Crippen molar-refractivity contribution in [2.24, 2.45) is 0 Å². The van der Waals surface area contributed by atoms with Gasteiger partial charge in [0.2, 0.25) is 17.1 Å². The summed E-state index contributed by atoms with van der Waals surface area (Å²) in [6.07, 6.45) is 8.83. The fraction of sp³-hybridized carbons (Fsp3) is 0.216. The molecular formula is C37H29F6N3O6S3. The Morgan fingerprint density at radius 1 is 0.727 bits per heavy atom. The third kappa shape index (κ3) is 8.00. The summed E-state index contributed by atoms with van der Waals surface area (Å²) in [5.41, 5.74) is 2.55. The van der Waals surface area contributed by atoms with Gasteiger partial charge >= 0.3 is 11.0 Å². The van der Waals surface area contributed by atoms with Crippen LogP contribution in [0.1, 0.15) is 33.0 Å². The summed E-state index contributed by atoms with van der Waals surface area (Å²) >= 11 is 1.75. The molecule has 0 fully saturated rings. The molecule has 0 spiro atoms. The zero-order valence-electron chi connectivity index (χ0n) is 28.8. The van der Waals surface area contributed by atoms with E-state index in [0.29, 0.717) is 0 Å². The molecule has 0 radical (unpaired) electrons. The zero-order valence-corrected chi connectivity index (χ0v) is 31.2. The lowest BCUT2D eigenvalue weighted by Gasteiger charge is -2.27.